The number of hydrogen-bond acceptors (Lipinski definition) is 4. The van der Waals surface area contributed by atoms with E-state index in [4.69, 9.17) is 23.2 Å². The van der Waals surface area contributed by atoms with Crippen LogP contribution in [0, 0.1) is 6.92 Å². The van der Waals surface area contributed by atoms with E-state index in [9.17, 15) is 18.0 Å². The lowest BCUT2D eigenvalue weighted by Crippen LogP contribution is -2.51. The molecule has 0 unspecified atom stereocenters. The first-order valence-electron chi connectivity index (χ1n) is 12.7. The molecule has 2 amide bonds. The molecule has 39 heavy (non-hydrogen) atoms. The topological polar surface area (TPSA) is 86.8 Å². The zero-order chi connectivity index (χ0) is 28.6. The predicted octanol–water partition coefficient (Wildman–Crippen LogP) is 5.83. The summed E-state index contributed by atoms with van der Waals surface area (Å²) in [4.78, 5) is 28.3. The Balaban J connectivity index is 1.99. The summed E-state index contributed by atoms with van der Waals surface area (Å²) in [6.07, 6.45) is 1.71. The monoisotopic (exact) mass is 589 g/mol. The van der Waals surface area contributed by atoms with E-state index in [-0.39, 0.29) is 23.0 Å². The number of nitrogens with zero attached hydrogens (tertiary/aromatic N) is 2. The molecule has 10 heteroatoms. The van der Waals surface area contributed by atoms with Crippen molar-refractivity contribution in [2.45, 2.75) is 51.1 Å². The Labute approximate surface area is 240 Å². The molecule has 1 atom stereocenters. The molecule has 0 saturated heterocycles. The molecule has 208 valence electrons. The molecule has 0 fully saturated rings. The van der Waals surface area contributed by atoms with Gasteiger partial charge in [-0.25, -0.2) is 8.42 Å². The van der Waals surface area contributed by atoms with Gasteiger partial charge in [0.2, 0.25) is 11.8 Å². The number of carbonyl (C=O) groups excluding carboxylic acids is 2. The molecule has 3 aromatic carbocycles. The summed E-state index contributed by atoms with van der Waals surface area (Å²) in [6.45, 7) is 5.54. The van der Waals surface area contributed by atoms with Gasteiger partial charge < -0.3 is 10.2 Å². The van der Waals surface area contributed by atoms with Crippen molar-refractivity contribution in [3.8, 4) is 0 Å². The standard InChI is InChI=1S/C29H33Cl2N3O4S/c1-4-5-17-32-29(36)22(3)33(19-23-7-6-8-25(31)18-23)28(35)20-34(26-13-11-24(30)12-14-26)39(37,38)27-15-9-21(2)10-16-27/h6-16,18,22H,4-5,17,19-20H2,1-3H3,(H,32,36)/t22-/m0/s1. The smallest absolute Gasteiger partial charge is 0.264 e. The van der Waals surface area contributed by atoms with Crippen LogP contribution in [0.15, 0.2) is 77.7 Å². The van der Waals surface area contributed by atoms with Crippen molar-refractivity contribution in [3.63, 3.8) is 0 Å². The van der Waals surface area contributed by atoms with Crippen LogP contribution < -0.4 is 9.62 Å². The molecule has 1 N–H and O–H groups in total. The number of nitrogens with one attached hydrogen (secondary N) is 1. The third-order valence-electron chi connectivity index (χ3n) is 6.24. The Kier molecular flexibility index (Phi) is 10.8. The fourth-order valence-electron chi connectivity index (χ4n) is 3.92. The molecule has 0 spiro atoms. The van der Waals surface area contributed by atoms with Crippen molar-refractivity contribution >= 4 is 50.7 Å². The van der Waals surface area contributed by atoms with Crippen LogP contribution in [-0.4, -0.2) is 44.3 Å². The van der Waals surface area contributed by atoms with Crippen molar-refractivity contribution in [1.29, 1.82) is 0 Å². The van der Waals surface area contributed by atoms with Crippen LogP contribution in [0.5, 0.6) is 0 Å². The zero-order valence-electron chi connectivity index (χ0n) is 22.2. The van der Waals surface area contributed by atoms with Gasteiger partial charge in [0, 0.05) is 23.1 Å². The van der Waals surface area contributed by atoms with E-state index in [1.165, 1.54) is 17.0 Å². The Hall–Kier alpha value is -3.07. The number of anilines is 1. The van der Waals surface area contributed by atoms with E-state index in [0.29, 0.717) is 22.2 Å². The highest BCUT2D eigenvalue weighted by Gasteiger charge is 2.32. The largest absolute Gasteiger partial charge is 0.354 e. The van der Waals surface area contributed by atoms with E-state index in [1.807, 2.05) is 13.8 Å². The first-order valence-corrected chi connectivity index (χ1v) is 14.9. The summed E-state index contributed by atoms with van der Waals surface area (Å²) < 4.78 is 28.6. The van der Waals surface area contributed by atoms with Crippen LogP contribution in [0.2, 0.25) is 10.0 Å². The van der Waals surface area contributed by atoms with Gasteiger partial charge in [0.05, 0.1) is 10.6 Å². The average molecular weight is 591 g/mol. The molecular formula is C29H33Cl2N3O4S. The highest BCUT2D eigenvalue weighted by atomic mass is 35.5. The minimum absolute atomic E-state index is 0.0441. The van der Waals surface area contributed by atoms with Gasteiger partial charge in [0.1, 0.15) is 12.6 Å². The molecule has 3 rings (SSSR count). The Morgan fingerprint density at radius 2 is 1.62 bits per heavy atom. The zero-order valence-corrected chi connectivity index (χ0v) is 24.6. The molecule has 0 heterocycles. The van der Waals surface area contributed by atoms with Gasteiger partial charge in [-0.2, -0.15) is 0 Å². The number of unbranched alkanes of at least 4 members (excludes halogenated alkanes) is 1. The average Bonchev–Trinajstić information content (AvgIpc) is 2.90. The van der Waals surface area contributed by atoms with Gasteiger partial charge in [0.25, 0.3) is 10.0 Å². The highest BCUT2D eigenvalue weighted by molar-refractivity contribution is 7.92. The number of aryl methyl sites for hydroxylation is 1. The SMILES string of the molecule is CCCCNC(=O)[C@H](C)N(Cc1cccc(Cl)c1)C(=O)CN(c1ccc(Cl)cc1)S(=O)(=O)c1ccc(C)cc1. The van der Waals surface area contributed by atoms with E-state index >= 15 is 0 Å². The fraction of sp³-hybridized carbons (Fsp3) is 0.310. The molecule has 0 aliphatic rings. The maximum Gasteiger partial charge on any atom is 0.264 e. The van der Waals surface area contributed by atoms with Gasteiger partial charge in [-0.3, -0.25) is 13.9 Å². The highest BCUT2D eigenvalue weighted by Crippen LogP contribution is 2.26. The number of benzene rings is 3. The second-order valence-electron chi connectivity index (χ2n) is 9.27. The van der Waals surface area contributed by atoms with E-state index in [0.717, 1.165) is 22.7 Å². The number of sulfonamides is 1. The van der Waals surface area contributed by atoms with Gasteiger partial charge in [0.15, 0.2) is 0 Å². The van der Waals surface area contributed by atoms with Gasteiger partial charge in [-0.1, -0.05) is 66.4 Å². The lowest BCUT2D eigenvalue weighted by atomic mass is 10.1. The van der Waals surface area contributed by atoms with Gasteiger partial charge in [-0.05, 0) is 74.4 Å². The van der Waals surface area contributed by atoms with Crippen molar-refractivity contribution < 1.29 is 18.0 Å². The van der Waals surface area contributed by atoms with Gasteiger partial charge in [-0.15, -0.1) is 0 Å². The van der Waals surface area contributed by atoms with Crippen LogP contribution in [-0.2, 0) is 26.2 Å². The van der Waals surface area contributed by atoms with E-state index < -0.39 is 28.5 Å². The molecule has 0 aliphatic heterocycles. The number of hydrogen-bond donors (Lipinski definition) is 1. The molecular weight excluding hydrogens is 557 g/mol. The minimum Gasteiger partial charge on any atom is -0.354 e. The number of amides is 2. The lowest BCUT2D eigenvalue weighted by molar-refractivity contribution is -0.139. The van der Waals surface area contributed by atoms with Crippen molar-refractivity contribution in [3.05, 3.63) is 94.0 Å². The quantitative estimate of drug-likeness (QED) is 0.269. The molecule has 0 bridgehead atoms. The Morgan fingerprint density at radius 1 is 0.949 bits per heavy atom. The fourth-order valence-corrected chi connectivity index (χ4v) is 5.68. The third-order valence-corrected chi connectivity index (χ3v) is 8.52. The second-order valence-corrected chi connectivity index (χ2v) is 12.0. The summed E-state index contributed by atoms with van der Waals surface area (Å²) >= 11 is 12.2. The van der Waals surface area contributed by atoms with Crippen LogP contribution >= 0.6 is 23.2 Å². The summed E-state index contributed by atoms with van der Waals surface area (Å²) in [6, 6.07) is 18.7. The molecule has 0 aliphatic carbocycles. The Morgan fingerprint density at radius 3 is 2.23 bits per heavy atom. The maximum atomic E-state index is 13.9. The third kappa shape index (κ3) is 8.21. The number of halogens is 2. The molecule has 7 nitrogen and oxygen atoms in total. The first kappa shape index (κ1) is 30.5. The minimum atomic E-state index is -4.13. The summed E-state index contributed by atoms with van der Waals surface area (Å²) in [5.74, 6) is -0.864. The van der Waals surface area contributed by atoms with Crippen LogP contribution in [0.3, 0.4) is 0 Å². The molecule has 0 saturated carbocycles. The van der Waals surface area contributed by atoms with Crippen molar-refractivity contribution in [1.82, 2.24) is 10.2 Å². The van der Waals surface area contributed by atoms with Crippen LogP contribution in [0.1, 0.15) is 37.8 Å². The second kappa shape index (κ2) is 13.8. The number of carbonyl (C=O) groups is 2. The van der Waals surface area contributed by atoms with Crippen LogP contribution in [0.25, 0.3) is 0 Å². The lowest BCUT2D eigenvalue weighted by Gasteiger charge is -2.32. The number of rotatable bonds is 12. The summed E-state index contributed by atoms with van der Waals surface area (Å²) in [5, 5.41) is 3.78. The normalized spacial score (nSPS) is 12.0. The van der Waals surface area contributed by atoms with Crippen molar-refractivity contribution in [2.75, 3.05) is 17.4 Å². The van der Waals surface area contributed by atoms with Crippen LogP contribution in [0.4, 0.5) is 5.69 Å². The first-order chi connectivity index (χ1) is 18.5. The predicted molar refractivity (Wildman–Crippen MR) is 157 cm³/mol. The van der Waals surface area contributed by atoms with Crippen molar-refractivity contribution in [2.24, 2.45) is 0 Å². The molecule has 0 aromatic heterocycles. The molecule has 0 radical (unpaired) electrons. The van der Waals surface area contributed by atoms with E-state index in [2.05, 4.69) is 5.32 Å². The van der Waals surface area contributed by atoms with E-state index in [1.54, 1.807) is 67.6 Å². The Bertz CT molecular complexity index is 1380. The molecule has 3 aromatic rings. The van der Waals surface area contributed by atoms with Gasteiger partial charge >= 0.3 is 0 Å². The summed E-state index contributed by atoms with van der Waals surface area (Å²) in [7, 11) is -4.13. The maximum absolute atomic E-state index is 13.9. The summed E-state index contributed by atoms with van der Waals surface area (Å²) in [5.41, 5.74) is 1.89.